The molecule has 4 N–H and O–H groups in total. The van der Waals surface area contributed by atoms with E-state index < -0.39 is 17.9 Å². The Bertz CT molecular complexity index is 957. The monoisotopic (exact) mass is 364 g/mol. The summed E-state index contributed by atoms with van der Waals surface area (Å²) in [5.74, 6) is -1.72. The van der Waals surface area contributed by atoms with Gasteiger partial charge in [-0.05, 0) is 28.5 Å². The molecule has 0 aromatic heterocycles. The molecule has 6 heteroatoms. The number of hydrogen-bond acceptors (Lipinski definition) is 4. The Kier molecular flexibility index (Phi) is 5.68. The first kappa shape index (κ1) is 18.4. The lowest BCUT2D eigenvalue weighted by Crippen LogP contribution is -2.44. The van der Waals surface area contributed by atoms with Crippen LogP contribution in [-0.4, -0.2) is 29.6 Å². The fourth-order valence-electron chi connectivity index (χ4n) is 2.73. The normalized spacial score (nSPS) is 11.9. The van der Waals surface area contributed by atoms with E-state index in [1.807, 2.05) is 54.6 Å². The molecule has 138 valence electrons. The van der Waals surface area contributed by atoms with Gasteiger partial charge in [0.2, 0.25) is 0 Å². The standard InChI is InChI=1S/C21H20N2O4/c22-18-11-16-9-5-4-8-15(16)10-17(18)20(24)23-19(21(25)26)13-27-12-14-6-2-1-3-7-14/h1-11,19H,12-13,22H2,(H,23,24)(H,25,26)/t19-/m0/s1. The number of anilines is 1. The Morgan fingerprint density at radius 3 is 2.30 bits per heavy atom. The molecule has 0 saturated heterocycles. The van der Waals surface area contributed by atoms with Crippen LogP contribution in [0.3, 0.4) is 0 Å². The number of carboxylic acids is 1. The molecule has 3 aromatic rings. The molecule has 0 saturated carbocycles. The minimum atomic E-state index is -1.17. The molecular formula is C21H20N2O4. The zero-order valence-electron chi connectivity index (χ0n) is 14.6. The summed E-state index contributed by atoms with van der Waals surface area (Å²) in [4.78, 5) is 24.0. The molecule has 6 nitrogen and oxygen atoms in total. The number of carboxylic acid groups (broad SMARTS) is 1. The zero-order chi connectivity index (χ0) is 19.2. The highest BCUT2D eigenvalue weighted by Gasteiger charge is 2.22. The number of carbonyl (C=O) groups is 2. The number of fused-ring (bicyclic) bond motifs is 1. The first-order chi connectivity index (χ1) is 13.0. The van der Waals surface area contributed by atoms with Gasteiger partial charge in [-0.15, -0.1) is 0 Å². The number of carbonyl (C=O) groups excluding carboxylic acids is 1. The van der Waals surface area contributed by atoms with Crippen molar-refractivity contribution in [3.05, 3.63) is 77.9 Å². The molecule has 1 amide bonds. The second kappa shape index (κ2) is 8.33. The van der Waals surface area contributed by atoms with E-state index in [2.05, 4.69) is 5.32 Å². The van der Waals surface area contributed by atoms with Crippen LogP contribution >= 0.6 is 0 Å². The third kappa shape index (κ3) is 4.62. The topological polar surface area (TPSA) is 102 Å². The summed E-state index contributed by atoms with van der Waals surface area (Å²) in [6, 6.07) is 19.1. The smallest absolute Gasteiger partial charge is 0.328 e. The number of aliphatic carboxylic acids is 1. The van der Waals surface area contributed by atoms with Gasteiger partial charge in [0.1, 0.15) is 0 Å². The van der Waals surface area contributed by atoms with Gasteiger partial charge in [0.15, 0.2) is 6.04 Å². The van der Waals surface area contributed by atoms with Crippen molar-refractivity contribution in [3.63, 3.8) is 0 Å². The average molecular weight is 364 g/mol. The Hall–Kier alpha value is -3.38. The third-order valence-electron chi connectivity index (χ3n) is 4.16. The van der Waals surface area contributed by atoms with E-state index in [0.717, 1.165) is 16.3 Å². The molecule has 0 unspecified atom stereocenters. The van der Waals surface area contributed by atoms with Crippen molar-refractivity contribution >= 4 is 28.3 Å². The van der Waals surface area contributed by atoms with Crippen LogP contribution in [-0.2, 0) is 16.1 Å². The van der Waals surface area contributed by atoms with Crippen LogP contribution in [0.1, 0.15) is 15.9 Å². The van der Waals surface area contributed by atoms with E-state index in [1.165, 1.54) is 0 Å². The maximum atomic E-state index is 12.5. The van der Waals surface area contributed by atoms with Crippen molar-refractivity contribution in [1.29, 1.82) is 0 Å². The molecule has 0 heterocycles. The van der Waals surface area contributed by atoms with Gasteiger partial charge in [-0.25, -0.2) is 4.79 Å². The number of ether oxygens (including phenoxy) is 1. The number of hydrogen-bond donors (Lipinski definition) is 3. The summed E-state index contributed by atoms with van der Waals surface area (Å²) in [5.41, 5.74) is 7.43. The van der Waals surface area contributed by atoms with Gasteiger partial charge in [0, 0.05) is 5.69 Å². The second-order valence-corrected chi connectivity index (χ2v) is 6.15. The van der Waals surface area contributed by atoms with Gasteiger partial charge >= 0.3 is 5.97 Å². The maximum Gasteiger partial charge on any atom is 0.328 e. The van der Waals surface area contributed by atoms with E-state index in [9.17, 15) is 14.7 Å². The van der Waals surface area contributed by atoms with Crippen molar-refractivity contribution in [2.75, 3.05) is 12.3 Å². The van der Waals surface area contributed by atoms with Crippen LogP contribution in [0.2, 0.25) is 0 Å². The molecular weight excluding hydrogens is 344 g/mol. The molecule has 27 heavy (non-hydrogen) atoms. The van der Waals surface area contributed by atoms with Crippen molar-refractivity contribution in [2.24, 2.45) is 0 Å². The Morgan fingerprint density at radius 1 is 1.00 bits per heavy atom. The molecule has 0 aliphatic heterocycles. The lowest BCUT2D eigenvalue weighted by Gasteiger charge is -2.16. The summed E-state index contributed by atoms with van der Waals surface area (Å²) in [6.07, 6.45) is 0. The van der Waals surface area contributed by atoms with Gasteiger partial charge in [-0.2, -0.15) is 0 Å². The number of amides is 1. The minimum absolute atomic E-state index is 0.149. The molecule has 0 aliphatic rings. The number of nitrogens with one attached hydrogen (secondary N) is 1. The Labute approximate surface area is 156 Å². The van der Waals surface area contributed by atoms with E-state index in [-0.39, 0.29) is 18.8 Å². The van der Waals surface area contributed by atoms with E-state index in [0.29, 0.717) is 5.69 Å². The van der Waals surface area contributed by atoms with Crippen LogP contribution in [0, 0.1) is 0 Å². The molecule has 0 aliphatic carbocycles. The minimum Gasteiger partial charge on any atom is -0.480 e. The van der Waals surface area contributed by atoms with Crippen LogP contribution in [0.25, 0.3) is 10.8 Å². The van der Waals surface area contributed by atoms with E-state index in [1.54, 1.807) is 12.1 Å². The molecule has 0 bridgehead atoms. The molecule has 0 spiro atoms. The third-order valence-corrected chi connectivity index (χ3v) is 4.16. The lowest BCUT2D eigenvalue weighted by molar-refractivity contribution is -0.141. The predicted molar refractivity (Wildman–Crippen MR) is 103 cm³/mol. The number of nitrogens with two attached hydrogens (primary N) is 1. The fourth-order valence-corrected chi connectivity index (χ4v) is 2.73. The fraction of sp³-hybridized carbons (Fsp3) is 0.143. The van der Waals surface area contributed by atoms with Crippen LogP contribution in [0.4, 0.5) is 5.69 Å². The maximum absolute atomic E-state index is 12.5. The Morgan fingerprint density at radius 2 is 1.63 bits per heavy atom. The molecule has 0 fully saturated rings. The van der Waals surface area contributed by atoms with Crippen molar-refractivity contribution in [2.45, 2.75) is 12.6 Å². The van der Waals surface area contributed by atoms with Crippen molar-refractivity contribution in [1.82, 2.24) is 5.32 Å². The number of benzene rings is 3. The molecule has 3 aromatic carbocycles. The van der Waals surface area contributed by atoms with Crippen LogP contribution in [0.15, 0.2) is 66.7 Å². The predicted octanol–water partition coefficient (Wildman–Crippen LogP) is 2.82. The zero-order valence-corrected chi connectivity index (χ0v) is 14.6. The van der Waals surface area contributed by atoms with Gasteiger partial charge in [0.25, 0.3) is 5.91 Å². The highest BCUT2D eigenvalue weighted by molar-refractivity contribution is 6.05. The SMILES string of the molecule is Nc1cc2ccccc2cc1C(=O)N[C@@H](COCc1ccccc1)C(=O)O. The van der Waals surface area contributed by atoms with Crippen molar-refractivity contribution in [3.8, 4) is 0 Å². The molecule has 0 radical (unpaired) electrons. The lowest BCUT2D eigenvalue weighted by atomic mass is 10.0. The summed E-state index contributed by atoms with van der Waals surface area (Å²) in [7, 11) is 0. The highest BCUT2D eigenvalue weighted by Crippen LogP contribution is 2.22. The summed E-state index contributed by atoms with van der Waals surface area (Å²) < 4.78 is 5.45. The van der Waals surface area contributed by atoms with Gasteiger partial charge in [-0.1, -0.05) is 54.6 Å². The number of nitrogen functional groups attached to an aromatic ring is 1. The van der Waals surface area contributed by atoms with E-state index in [4.69, 9.17) is 10.5 Å². The van der Waals surface area contributed by atoms with Crippen molar-refractivity contribution < 1.29 is 19.4 Å². The quantitative estimate of drug-likeness (QED) is 0.560. The summed E-state index contributed by atoms with van der Waals surface area (Å²) >= 11 is 0. The summed E-state index contributed by atoms with van der Waals surface area (Å²) in [5, 5.41) is 13.6. The Balaban J connectivity index is 1.68. The van der Waals surface area contributed by atoms with Crippen LogP contribution in [0.5, 0.6) is 0 Å². The second-order valence-electron chi connectivity index (χ2n) is 6.15. The van der Waals surface area contributed by atoms with Gasteiger partial charge in [0.05, 0.1) is 18.8 Å². The first-order valence-corrected chi connectivity index (χ1v) is 8.48. The highest BCUT2D eigenvalue weighted by atomic mass is 16.5. The largest absolute Gasteiger partial charge is 0.480 e. The first-order valence-electron chi connectivity index (χ1n) is 8.48. The molecule has 3 rings (SSSR count). The average Bonchev–Trinajstić information content (AvgIpc) is 2.67. The van der Waals surface area contributed by atoms with Gasteiger partial charge < -0.3 is 20.9 Å². The van der Waals surface area contributed by atoms with E-state index >= 15 is 0 Å². The molecule has 1 atom stereocenters. The number of rotatable bonds is 7. The summed E-state index contributed by atoms with van der Waals surface area (Å²) in [6.45, 7) is 0.113. The van der Waals surface area contributed by atoms with Crippen LogP contribution < -0.4 is 11.1 Å². The van der Waals surface area contributed by atoms with Gasteiger partial charge in [-0.3, -0.25) is 4.79 Å².